The normalized spacial score (nSPS) is 15.3. The fraction of sp³-hybridized carbons (Fsp3) is 0.370. The Hall–Kier alpha value is -3.06. The molecule has 2 heterocycles. The molecule has 0 radical (unpaired) electrons. The molecule has 0 saturated carbocycles. The highest BCUT2D eigenvalue weighted by atomic mass is 32.2. The van der Waals surface area contributed by atoms with E-state index in [0.717, 1.165) is 27.9 Å². The maximum atomic E-state index is 13.3. The van der Waals surface area contributed by atoms with Gasteiger partial charge in [-0.05, 0) is 39.8 Å². The molecule has 3 N–H and O–H groups in total. The van der Waals surface area contributed by atoms with Crippen LogP contribution in [0, 0.1) is 0 Å². The number of phenolic OH excluding ortho intramolecular Hbond substituents is 1. The van der Waals surface area contributed by atoms with Crippen molar-refractivity contribution in [2.45, 2.75) is 63.7 Å². The first-order chi connectivity index (χ1) is 15.9. The lowest BCUT2D eigenvalue weighted by Crippen LogP contribution is -2.55. The summed E-state index contributed by atoms with van der Waals surface area (Å²) in [6.45, 7) is 16.3. The maximum Gasteiger partial charge on any atom is 0.325 e. The van der Waals surface area contributed by atoms with Crippen molar-refractivity contribution in [3.8, 4) is 17.0 Å². The number of H-pyrrole nitrogens is 1. The van der Waals surface area contributed by atoms with Gasteiger partial charge in [-0.15, -0.1) is 6.58 Å². The van der Waals surface area contributed by atoms with E-state index in [2.05, 4.69) is 58.4 Å². The number of nitrogens with one attached hydrogen (secondary N) is 2. The van der Waals surface area contributed by atoms with Crippen LogP contribution in [-0.4, -0.2) is 20.9 Å². The van der Waals surface area contributed by atoms with E-state index in [1.54, 1.807) is 10.8 Å². The lowest BCUT2D eigenvalue weighted by Gasteiger charge is -2.30. The van der Waals surface area contributed by atoms with E-state index < -0.39 is 6.17 Å². The first-order valence-electron chi connectivity index (χ1n) is 11.5. The smallest absolute Gasteiger partial charge is 0.325 e. The van der Waals surface area contributed by atoms with Crippen LogP contribution in [0.3, 0.4) is 0 Å². The number of hydrogen-bond acceptors (Lipinski definition) is 5. The number of hydrogen-bond donors (Lipinski definition) is 3. The number of rotatable bonds is 4. The van der Waals surface area contributed by atoms with Crippen LogP contribution >= 0.6 is 11.8 Å². The lowest BCUT2D eigenvalue weighted by atomic mass is 9.78. The van der Waals surface area contributed by atoms with Crippen molar-refractivity contribution in [1.82, 2.24) is 10.1 Å². The Bertz CT molecular complexity index is 1280. The Balaban J connectivity index is 2.01. The van der Waals surface area contributed by atoms with Crippen LogP contribution in [0.4, 0.5) is 5.69 Å². The first kappa shape index (κ1) is 24.1. The molecule has 6 nitrogen and oxygen atoms in total. The molecule has 3 aromatic rings. The molecule has 1 aromatic heterocycles. The molecule has 1 aliphatic heterocycles. The zero-order valence-electron chi connectivity index (χ0n) is 20.7. The molecule has 0 spiro atoms. The van der Waals surface area contributed by atoms with Crippen LogP contribution in [0.1, 0.15) is 64.4 Å². The Morgan fingerprint density at radius 2 is 1.74 bits per heavy atom. The van der Waals surface area contributed by atoms with Crippen LogP contribution in [0.2, 0.25) is 0 Å². The molecule has 34 heavy (non-hydrogen) atoms. The van der Waals surface area contributed by atoms with Crippen molar-refractivity contribution in [1.29, 1.82) is 0 Å². The fourth-order valence-electron chi connectivity index (χ4n) is 4.28. The van der Waals surface area contributed by atoms with Gasteiger partial charge in [0.05, 0.1) is 11.3 Å². The molecule has 4 rings (SSSR count). The van der Waals surface area contributed by atoms with E-state index in [-0.39, 0.29) is 16.4 Å². The van der Waals surface area contributed by atoms with Crippen molar-refractivity contribution in [3.05, 3.63) is 76.1 Å². The lowest BCUT2D eigenvalue weighted by molar-refractivity contribution is -0.759. The summed E-state index contributed by atoms with van der Waals surface area (Å²) in [6, 6.07) is 11.8. The average Bonchev–Trinajstić information content (AvgIpc) is 2.75. The second-order valence-electron chi connectivity index (χ2n) is 10.7. The minimum absolute atomic E-state index is 0.189. The molecule has 1 atom stereocenters. The maximum absolute atomic E-state index is 13.3. The van der Waals surface area contributed by atoms with Gasteiger partial charge in [-0.3, -0.25) is 9.78 Å². The number of benzene rings is 2. The summed E-state index contributed by atoms with van der Waals surface area (Å²) in [6.07, 6.45) is 1.36. The Morgan fingerprint density at radius 1 is 1.12 bits per heavy atom. The Kier molecular flexibility index (Phi) is 6.10. The number of para-hydroxylation sites is 1. The van der Waals surface area contributed by atoms with E-state index in [1.807, 2.05) is 36.4 Å². The van der Waals surface area contributed by atoms with Gasteiger partial charge in [0.1, 0.15) is 5.75 Å². The predicted molar refractivity (Wildman–Crippen MR) is 139 cm³/mol. The molecule has 0 bridgehead atoms. The summed E-state index contributed by atoms with van der Waals surface area (Å²) in [4.78, 5) is 16.2. The van der Waals surface area contributed by atoms with Gasteiger partial charge in [-0.1, -0.05) is 71.5 Å². The van der Waals surface area contributed by atoms with E-state index >= 15 is 0 Å². The molecule has 0 fully saturated rings. The highest BCUT2D eigenvalue weighted by molar-refractivity contribution is 7.99. The van der Waals surface area contributed by atoms with Gasteiger partial charge < -0.3 is 10.4 Å². The summed E-state index contributed by atoms with van der Waals surface area (Å²) in [7, 11) is 0. The standard InChI is InChI=1S/C27H32N4O2S/c1-8-13-34-25-29-24(33)21-17-11-9-10-12-20(17)28-23(31(21)30-25)16-14-18(26(2,3)4)22(32)19(15-16)27(5,6)7/h8-12,14-15,23H,1,13H2,2-7H3,(H2,29,30,32,33)/p+1/t23-/m1/s1. The van der Waals surface area contributed by atoms with Crippen molar-refractivity contribution < 1.29 is 9.79 Å². The molecule has 0 amide bonds. The second kappa shape index (κ2) is 8.62. The second-order valence-corrected chi connectivity index (χ2v) is 11.7. The predicted octanol–water partition coefficient (Wildman–Crippen LogP) is 5.28. The highest BCUT2D eigenvalue weighted by Gasteiger charge is 2.39. The van der Waals surface area contributed by atoms with E-state index in [9.17, 15) is 9.90 Å². The fourth-order valence-corrected chi connectivity index (χ4v) is 4.86. The third kappa shape index (κ3) is 4.37. The van der Waals surface area contributed by atoms with Gasteiger partial charge in [-0.2, -0.15) is 0 Å². The van der Waals surface area contributed by atoms with Crippen LogP contribution in [0.5, 0.6) is 5.75 Å². The monoisotopic (exact) mass is 477 g/mol. The van der Waals surface area contributed by atoms with Crippen LogP contribution in [0.25, 0.3) is 11.3 Å². The summed E-state index contributed by atoms with van der Waals surface area (Å²) in [5.41, 5.74) is 4.11. The molecular formula is C27H33N4O2S+. The molecule has 1 aliphatic rings. The van der Waals surface area contributed by atoms with E-state index in [4.69, 9.17) is 5.10 Å². The molecular weight excluding hydrogens is 444 g/mol. The SMILES string of the molecule is C=CCSc1n[n+]2c(c(=O)[nH]1)-c1ccccc1N[C@H]2c1cc(C(C)(C)C)c(O)c(C(C)(C)C)c1. The zero-order valence-corrected chi connectivity index (χ0v) is 21.5. The number of nitrogens with zero attached hydrogens (tertiary/aromatic N) is 2. The van der Waals surface area contributed by atoms with Crippen LogP contribution < -0.4 is 15.6 Å². The average molecular weight is 478 g/mol. The molecule has 0 aliphatic carbocycles. The molecule has 2 aromatic carbocycles. The number of fused-ring (bicyclic) bond motifs is 3. The summed E-state index contributed by atoms with van der Waals surface area (Å²) in [5.74, 6) is 0.963. The number of anilines is 1. The third-order valence-electron chi connectivity index (χ3n) is 5.98. The quantitative estimate of drug-likeness (QED) is 0.271. The number of aromatic nitrogens is 3. The van der Waals surface area contributed by atoms with Gasteiger partial charge in [-0.25, -0.2) is 0 Å². The van der Waals surface area contributed by atoms with Gasteiger partial charge in [0, 0.05) is 27.5 Å². The third-order valence-corrected chi connectivity index (χ3v) is 6.84. The van der Waals surface area contributed by atoms with E-state index in [1.165, 1.54) is 11.8 Å². The molecule has 178 valence electrons. The summed E-state index contributed by atoms with van der Waals surface area (Å²) < 4.78 is 1.78. The topological polar surface area (TPSA) is 81.9 Å². The van der Waals surface area contributed by atoms with Gasteiger partial charge in [0.15, 0.2) is 0 Å². The van der Waals surface area contributed by atoms with Crippen LogP contribution in [-0.2, 0) is 10.8 Å². The first-order valence-corrected chi connectivity index (χ1v) is 12.4. The highest BCUT2D eigenvalue weighted by Crippen LogP contribution is 2.42. The van der Waals surface area contributed by atoms with Crippen molar-refractivity contribution in [2.24, 2.45) is 0 Å². The Morgan fingerprint density at radius 3 is 2.32 bits per heavy atom. The Labute approximate surface area is 205 Å². The summed E-state index contributed by atoms with van der Waals surface area (Å²) >= 11 is 1.43. The van der Waals surface area contributed by atoms with Gasteiger partial charge in [0.2, 0.25) is 5.16 Å². The number of aromatic hydroxyl groups is 1. The largest absolute Gasteiger partial charge is 0.507 e. The van der Waals surface area contributed by atoms with E-state index in [0.29, 0.717) is 22.4 Å². The minimum Gasteiger partial charge on any atom is -0.507 e. The van der Waals surface area contributed by atoms with Crippen molar-refractivity contribution in [2.75, 3.05) is 11.1 Å². The zero-order chi connectivity index (χ0) is 24.8. The molecule has 7 heteroatoms. The molecule has 0 saturated heterocycles. The summed E-state index contributed by atoms with van der Waals surface area (Å²) in [5, 5.41) is 20.2. The number of aromatic amines is 1. The van der Waals surface area contributed by atoms with Crippen molar-refractivity contribution >= 4 is 17.4 Å². The van der Waals surface area contributed by atoms with Crippen LogP contribution in [0.15, 0.2) is 59.0 Å². The number of thioether (sulfide) groups is 1. The van der Waals surface area contributed by atoms with Crippen molar-refractivity contribution in [3.63, 3.8) is 0 Å². The number of phenols is 1. The minimum atomic E-state index is -0.418. The van der Waals surface area contributed by atoms with Gasteiger partial charge in [0.25, 0.3) is 6.17 Å². The molecule has 0 unspecified atom stereocenters. The van der Waals surface area contributed by atoms with Gasteiger partial charge >= 0.3 is 11.3 Å².